The van der Waals surface area contributed by atoms with Crippen molar-refractivity contribution in [3.8, 4) is 5.75 Å². The number of aromatic nitrogens is 1. The molecule has 2 aromatic carbocycles. The van der Waals surface area contributed by atoms with Crippen molar-refractivity contribution in [2.24, 2.45) is 0 Å². The number of nitrogens with zero attached hydrogens (tertiary/aromatic N) is 2. The minimum atomic E-state index is -0.647. The number of para-hydroxylation sites is 1. The summed E-state index contributed by atoms with van der Waals surface area (Å²) in [7, 11) is 0. The summed E-state index contributed by atoms with van der Waals surface area (Å²) >= 11 is 0. The van der Waals surface area contributed by atoms with Gasteiger partial charge in [-0.15, -0.1) is 0 Å². The van der Waals surface area contributed by atoms with Crippen LogP contribution >= 0.6 is 0 Å². The maximum Gasteiger partial charge on any atom is 0.296 e. The highest BCUT2D eigenvalue weighted by atomic mass is 16.5. The van der Waals surface area contributed by atoms with Gasteiger partial charge in [-0.25, -0.2) is 4.98 Å². The fourth-order valence-corrected chi connectivity index (χ4v) is 4.26. The Balaban J connectivity index is 1.68. The second-order valence-corrected chi connectivity index (χ2v) is 8.16. The maximum atomic E-state index is 13.6. The van der Waals surface area contributed by atoms with E-state index in [4.69, 9.17) is 9.15 Å². The van der Waals surface area contributed by atoms with Crippen LogP contribution in [0.4, 0.5) is 5.82 Å². The molecule has 6 heteroatoms. The van der Waals surface area contributed by atoms with Crippen molar-refractivity contribution >= 4 is 22.7 Å². The van der Waals surface area contributed by atoms with Crippen LogP contribution in [0.25, 0.3) is 11.0 Å². The lowest BCUT2D eigenvalue weighted by atomic mass is 9.98. The number of benzene rings is 2. The number of ether oxygens (including phenoxy) is 1. The van der Waals surface area contributed by atoms with Crippen LogP contribution in [0.2, 0.25) is 0 Å². The van der Waals surface area contributed by atoms with Crippen LogP contribution in [-0.2, 0) is 0 Å². The van der Waals surface area contributed by atoms with Crippen LogP contribution in [0.5, 0.6) is 5.75 Å². The molecule has 5 rings (SSSR count). The standard InChI is InChI=1S/C27H24N2O4/c1-3-4-16-32-19-13-11-18(12-14-19)23-22-24(30)20-9-5-6-10-21(20)33-25(22)27(31)29(23)26-17(2)8-7-15-28-26/h5-15,23H,3-4,16H2,1-2H3. The van der Waals surface area contributed by atoms with Gasteiger partial charge in [0.15, 0.2) is 5.43 Å². The number of fused-ring (bicyclic) bond motifs is 2. The van der Waals surface area contributed by atoms with E-state index in [2.05, 4.69) is 11.9 Å². The Morgan fingerprint density at radius 3 is 2.58 bits per heavy atom. The third kappa shape index (κ3) is 3.57. The highest BCUT2D eigenvalue weighted by molar-refractivity contribution is 6.10. The van der Waals surface area contributed by atoms with Gasteiger partial charge in [0.1, 0.15) is 17.2 Å². The van der Waals surface area contributed by atoms with Gasteiger partial charge in [0.2, 0.25) is 5.76 Å². The molecule has 166 valence electrons. The van der Waals surface area contributed by atoms with Crippen molar-refractivity contribution < 1.29 is 13.9 Å². The summed E-state index contributed by atoms with van der Waals surface area (Å²) in [6, 6.07) is 17.6. The zero-order valence-corrected chi connectivity index (χ0v) is 18.6. The van der Waals surface area contributed by atoms with Gasteiger partial charge in [0, 0.05) is 6.20 Å². The molecule has 0 spiro atoms. The van der Waals surface area contributed by atoms with Gasteiger partial charge in [-0.05, 0) is 54.8 Å². The molecule has 0 saturated carbocycles. The van der Waals surface area contributed by atoms with Gasteiger partial charge in [0.05, 0.1) is 23.6 Å². The number of rotatable bonds is 6. The summed E-state index contributed by atoms with van der Waals surface area (Å²) in [5, 5.41) is 0.452. The Bertz CT molecular complexity index is 1390. The Hall–Kier alpha value is -3.93. The van der Waals surface area contributed by atoms with E-state index in [0.29, 0.717) is 29.0 Å². The molecule has 1 aliphatic heterocycles. The minimum absolute atomic E-state index is 0.0667. The van der Waals surface area contributed by atoms with Crippen molar-refractivity contribution in [3.63, 3.8) is 0 Å². The summed E-state index contributed by atoms with van der Waals surface area (Å²) in [6.07, 6.45) is 3.68. The Morgan fingerprint density at radius 1 is 1.03 bits per heavy atom. The molecule has 1 atom stereocenters. The van der Waals surface area contributed by atoms with E-state index in [9.17, 15) is 9.59 Å². The molecule has 1 amide bonds. The summed E-state index contributed by atoms with van der Waals surface area (Å²) in [6.45, 7) is 4.66. The van der Waals surface area contributed by atoms with E-state index < -0.39 is 6.04 Å². The van der Waals surface area contributed by atoms with E-state index >= 15 is 0 Å². The lowest BCUT2D eigenvalue weighted by Gasteiger charge is -2.25. The van der Waals surface area contributed by atoms with Crippen LogP contribution in [0.1, 0.15) is 53.1 Å². The molecular formula is C27H24N2O4. The van der Waals surface area contributed by atoms with Crippen molar-refractivity contribution in [2.45, 2.75) is 32.7 Å². The first kappa shape index (κ1) is 20.9. The van der Waals surface area contributed by atoms with Gasteiger partial charge in [-0.3, -0.25) is 14.5 Å². The number of hydrogen-bond donors (Lipinski definition) is 0. The minimum Gasteiger partial charge on any atom is -0.494 e. The average Bonchev–Trinajstić information content (AvgIpc) is 3.12. The first-order valence-electron chi connectivity index (χ1n) is 11.1. The largest absolute Gasteiger partial charge is 0.494 e. The summed E-state index contributed by atoms with van der Waals surface area (Å²) in [5.74, 6) is 0.952. The summed E-state index contributed by atoms with van der Waals surface area (Å²) in [5.41, 5.74) is 2.15. The van der Waals surface area contributed by atoms with Crippen LogP contribution in [0, 0.1) is 6.92 Å². The third-order valence-electron chi connectivity index (χ3n) is 5.95. The van der Waals surface area contributed by atoms with Crippen molar-refractivity contribution in [3.05, 3.63) is 99.5 Å². The highest BCUT2D eigenvalue weighted by Gasteiger charge is 2.44. The second kappa shape index (κ2) is 8.54. The first-order valence-corrected chi connectivity index (χ1v) is 11.1. The molecule has 1 unspecified atom stereocenters. The molecule has 0 bridgehead atoms. The lowest BCUT2D eigenvalue weighted by molar-refractivity contribution is 0.0970. The Labute approximate surface area is 191 Å². The van der Waals surface area contributed by atoms with Crippen molar-refractivity contribution in [2.75, 3.05) is 11.5 Å². The number of carbonyl (C=O) groups is 1. The fourth-order valence-electron chi connectivity index (χ4n) is 4.26. The SMILES string of the molecule is CCCCOc1ccc(C2c3c(oc4ccccc4c3=O)C(=O)N2c2ncccc2C)cc1. The molecule has 0 N–H and O–H groups in total. The second-order valence-electron chi connectivity index (χ2n) is 8.16. The molecule has 0 aliphatic carbocycles. The predicted octanol–water partition coefficient (Wildman–Crippen LogP) is 5.43. The molecule has 3 heterocycles. The number of pyridine rings is 1. The van der Waals surface area contributed by atoms with E-state index in [1.165, 1.54) is 0 Å². The fraction of sp³-hybridized carbons (Fsp3) is 0.222. The van der Waals surface area contributed by atoms with Crippen LogP contribution in [-0.4, -0.2) is 17.5 Å². The van der Waals surface area contributed by atoms with Gasteiger partial charge in [-0.2, -0.15) is 0 Å². The van der Waals surface area contributed by atoms with E-state index in [1.807, 2.05) is 43.3 Å². The Morgan fingerprint density at radius 2 is 1.82 bits per heavy atom. The Kier molecular flexibility index (Phi) is 5.42. The molecule has 0 radical (unpaired) electrons. The molecule has 2 aromatic heterocycles. The van der Waals surface area contributed by atoms with Gasteiger partial charge in [-0.1, -0.05) is 43.7 Å². The van der Waals surface area contributed by atoms with Gasteiger partial charge >= 0.3 is 0 Å². The zero-order chi connectivity index (χ0) is 22.9. The summed E-state index contributed by atoms with van der Waals surface area (Å²) < 4.78 is 11.8. The average molecular weight is 440 g/mol. The van der Waals surface area contributed by atoms with E-state index in [0.717, 1.165) is 29.7 Å². The summed E-state index contributed by atoms with van der Waals surface area (Å²) in [4.78, 5) is 33.2. The zero-order valence-electron chi connectivity index (χ0n) is 18.6. The van der Waals surface area contributed by atoms with Crippen LogP contribution < -0.4 is 15.1 Å². The number of unbranched alkanes of at least 4 members (excludes halogenated alkanes) is 1. The first-order chi connectivity index (χ1) is 16.1. The molecule has 0 fully saturated rings. The van der Waals surface area contributed by atoms with Crippen LogP contribution in [0.3, 0.4) is 0 Å². The molecule has 1 aliphatic rings. The normalized spacial score (nSPS) is 15.2. The van der Waals surface area contributed by atoms with Crippen molar-refractivity contribution in [1.82, 2.24) is 4.98 Å². The number of anilines is 1. The van der Waals surface area contributed by atoms with E-state index in [1.54, 1.807) is 35.4 Å². The molecule has 6 nitrogen and oxygen atoms in total. The van der Waals surface area contributed by atoms with E-state index in [-0.39, 0.29) is 17.1 Å². The third-order valence-corrected chi connectivity index (χ3v) is 5.95. The quantitative estimate of drug-likeness (QED) is 0.374. The topological polar surface area (TPSA) is 72.6 Å². The molecule has 0 saturated heterocycles. The number of hydrogen-bond acceptors (Lipinski definition) is 5. The molecular weight excluding hydrogens is 416 g/mol. The maximum absolute atomic E-state index is 13.6. The lowest BCUT2D eigenvalue weighted by Crippen LogP contribution is -2.30. The smallest absolute Gasteiger partial charge is 0.296 e. The van der Waals surface area contributed by atoms with Gasteiger partial charge in [0.25, 0.3) is 5.91 Å². The molecule has 4 aromatic rings. The van der Waals surface area contributed by atoms with Crippen molar-refractivity contribution in [1.29, 1.82) is 0 Å². The van der Waals surface area contributed by atoms with Gasteiger partial charge < -0.3 is 9.15 Å². The number of amides is 1. The monoisotopic (exact) mass is 440 g/mol. The van der Waals surface area contributed by atoms with Crippen LogP contribution in [0.15, 0.2) is 76.1 Å². The molecule has 33 heavy (non-hydrogen) atoms. The predicted molar refractivity (Wildman–Crippen MR) is 127 cm³/mol. The highest BCUT2D eigenvalue weighted by Crippen LogP contribution is 2.41. The number of aryl methyl sites for hydroxylation is 1. The number of carbonyl (C=O) groups excluding carboxylic acids is 1.